The lowest BCUT2D eigenvalue weighted by Gasteiger charge is -2.20. The second-order valence-electron chi connectivity index (χ2n) is 5.09. The van der Waals surface area contributed by atoms with Crippen molar-refractivity contribution in [3.63, 3.8) is 0 Å². The summed E-state index contributed by atoms with van der Waals surface area (Å²) in [4.78, 5) is 12.3. The van der Waals surface area contributed by atoms with Crippen LogP contribution in [0, 0.1) is 12.8 Å². The summed E-state index contributed by atoms with van der Waals surface area (Å²) in [5.41, 5.74) is 1.12. The molecular formula is C15H23NO3S. The number of carbonyl (C=O) groups is 1. The van der Waals surface area contributed by atoms with Gasteiger partial charge in [-0.2, -0.15) is 4.31 Å². The highest BCUT2D eigenvalue weighted by molar-refractivity contribution is 7.89. The maximum atomic E-state index is 12.6. The Morgan fingerprint density at radius 2 is 1.75 bits per heavy atom. The van der Waals surface area contributed by atoms with Crippen LogP contribution in [0.25, 0.3) is 0 Å². The Bertz CT molecular complexity index is 587. The third kappa shape index (κ3) is 3.27. The molecule has 0 saturated carbocycles. The molecule has 0 fully saturated rings. The minimum absolute atomic E-state index is 0.0407. The van der Waals surface area contributed by atoms with Crippen molar-refractivity contribution in [2.24, 2.45) is 5.92 Å². The number of benzene rings is 1. The molecule has 0 unspecified atom stereocenters. The molecule has 0 aromatic heterocycles. The normalized spacial score (nSPS) is 12.2. The van der Waals surface area contributed by atoms with E-state index in [9.17, 15) is 13.2 Å². The minimum Gasteiger partial charge on any atom is -0.294 e. The van der Waals surface area contributed by atoms with Crippen molar-refractivity contribution < 1.29 is 13.2 Å². The van der Waals surface area contributed by atoms with Crippen LogP contribution in [0.5, 0.6) is 0 Å². The summed E-state index contributed by atoms with van der Waals surface area (Å²) in [5, 5.41) is 0. The second kappa shape index (κ2) is 6.50. The van der Waals surface area contributed by atoms with Crippen LogP contribution in [-0.4, -0.2) is 31.6 Å². The van der Waals surface area contributed by atoms with E-state index in [-0.39, 0.29) is 16.6 Å². The number of ketones is 1. The van der Waals surface area contributed by atoms with Gasteiger partial charge in [0.25, 0.3) is 0 Å². The molecule has 0 aliphatic heterocycles. The van der Waals surface area contributed by atoms with E-state index in [1.54, 1.807) is 46.8 Å². The number of sulfonamides is 1. The fourth-order valence-corrected chi connectivity index (χ4v) is 3.78. The molecule has 0 bridgehead atoms. The molecule has 20 heavy (non-hydrogen) atoms. The molecule has 0 radical (unpaired) electrons. The Kier molecular flexibility index (Phi) is 5.48. The quantitative estimate of drug-likeness (QED) is 0.759. The Balaban J connectivity index is 3.38. The van der Waals surface area contributed by atoms with Crippen molar-refractivity contribution in [1.82, 2.24) is 4.31 Å². The number of aryl methyl sites for hydroxylation is 1. The van der Waals surface area contributed by atoms with E-state index in [2.05, 4.69) is 0 Å². The molecule has 0 spiro atoms. The van der Waals surface area contributed by atoms with Gasteiger partial charge in [-0.05, 0) is 18.6 Å². The van der Waals surface area contributed by atoms with E-state index in [4.69, 9.17) is 0 Å². The zero-order chi connectivity index (χ0) is 15.5. The van der Waals surface area contributed by atoms with Crippen LogP contribution < -0.4 is 0 Å². The van der Waals surface area contributed by atoms with E-state index >= 15 is 0 Å². The van der Waals surface area contributed by atoms with Gasteiger partial charge in [0.05, 0.1) is 4.90 Å². The van der Waals surface area contributed by atoms with Crippen molar-refractivity contribution in [2.75, 3.05) is 13.1 Å². The van der Waals surface area contributed by atoms with Crippen molar-refractivity contribution in [2.45, 2.75) is 39.5 Å². The molecule has 4 nitrogen and oxygen atoms in total. The average Bonchev–Trinajstić information content (AvgIpc) is 2.39. The van der Waals surface area contributed by atoms with Gasteiger partial charge < -0.3 is 0 Å². The molecule has 0 saturated heterocycles. The number of hydrogen-bond acceptors (Lipinski definition) is 3. The minimum atomic E-state index is -3.53. The predicted molar refractivity (Wildman–Crippen MR) is 80.5 cm³/mol. The van der Waals surface area contributed by atoms with Crippen molar-refractivity contribution in [3.05, 3.63) is 29.3 Å². The topological polar surface area (TPSA) is 54.5 Å². The van der Waals surface area contributed by atoms with E-state index in [0.717, 1.165) is 0 Å². The molecule has 0 amide bonds. The molecule has 0 N–H and O–H groups in total. The summed E-state index contributed by atoms with van der Waals surface area (Å²) in [5.74, 6) is -0.192. The first-order valence-electron chi connectivity index (χ1n) is 6.90. The summed E-state index contributed by atoms with van der Waals surface area (Å²) < 4.78 is 26.6. The monoisotopic (exact) mass is 297 g/mol. The van der Waals surface area contributed by atoms with Gasteiger partial charge in [-0.15, -0.1) is 0 Å². The zero-order valence-corrected chi connectivity index (χ0v) is 13.6. The van der Waals surface area contributed by atoms with Crippen LogP contribution in [0.2, 0.25) is 0 Å². The van der Waals surface area contributed by atoms with E-state index < -0.39 is 10.0 Å². The Morgan fingerprint density at radius 3 is 2.20 bits per heavy atom. The lowest BCUT2D eigenvalue weighted by atomic mass is 10.0. The highest BCUT2D eigenvalue weighted by Gasteiger charge is 2.25. The third-order valence-electron chi connectivity index (χ3n) is 3.32. The van der Waals surface area contributed by atoms with Gasteiger partial charge in [0.2, 0.25) is 10.0 Å². The SMILES string of the molecule is CCN(CC)S(=O)(=O)c1cc(C(=O)C(C)C)ccc1C. The number of hydrogen-bond donors (Lipinski definition) is 0. The summed E-state index contributed by atoms with van der Waals surface area (Å²) in [6.45, 7) is 9.81. The first-order chi connectivity index (χ1) is 9.25. The molecule has 112 valence electrons. The smallest absolute Gasteiger partial charge is 0.243 e. The van der Waals surface area contributed by atoms with Crippen LogP contribution in [0.15, 0.2) is 23.1 Å². The summed E-state index contributed by atoms with van der Waals surface area (Å²) >= 11 is 0. The molecule has 0 heterocycles. The lowest BCUT2D eigenvalue weighted by Crippen LogP contribution is -2.31. The van der Waals surface area contributed by atoms with Crippen LogP contribution in [0.4, 0.5) is 0 Å². The molecule has 1 aromatic carbocycles. The standard InChI is InChI=1S/C15H23NO3S/c1-6-16(7-2)20(18,19)14-10-13(9-8-12(14)5)15(17)11(3)4/h8-11H,6-7H2,1-5H3. The molecule has 1 aromatic rings. The first-order valence-corrected chi connectivity index (χ1v) is 8.34. The van der Waals surface area contributed by atoms with Crippen LogP contribution in [-0.2, 0) is 10.0 Å². The Morgan fingerprint density at radius 1 is 1.20 bits per heavy atom. The average molecular weight is 297 g/mol. The second-order valence-corrected chi connectivity index (χ2v) is 6.99. The van der Waals surface area contributed by atoms with Gasteiger partial charge in [0.1, 0.15) is 0 Å². The van der Waals surface area contributed by atoms with Gasteiger partial charge >= 0.3 is 0 Å². The maximum Gasteiger partial charge on any atom is 0.243 e. The summed E-state index contributed by atoms with van der Waals surface area (Å²) in [6.07, 6.45) is 0. The third-order valence-corrected chi connectivity index (χ3v) is 5.51. The summed E-state index contributed by atoms with van der Waals surface area (Å²) in [7, 11) is -3.53. The highest BCUT2D eigenvalue weighted by Crippen LogP contribution is 2.22. The summed E-state index contributed by atoms with van der Waals surface area (Å²) in [6, 6.07) is 4.90. The maximum absolute atomic E-state index is 12.6. The van der Waals surface area contributed by atoms with Crippen LogP contribution in [0.3, 0.4) is 0 Å². The van der Waals surface area contributed by atoms with Gasteiger partial charge in [0.15, 0.2) is 5.78 Å². The van der Waals surface area contributed by atoms with E-state index in [1.807, 2.05) is 0 Å². The Labute approximate surface area is 121 Å². The molecular weight excluding hydrogens is 274 g/mol. The fraction of sp³-hybridized carbons (Fsp3) is 0.533. The van der Waals surface area contributed by atoms with Crippen molar-refractivity contribution in [3.8, 4) is 0 Å². The van der Waals surface area contributed by atoms with Crippen molar-refractivity contribution >= 4 is 15.8 Å². The molecule has 0 atom stereocenters. The largest absolute Gasteiger partial charge is 0.294 e. The molecule has 0 aliphatic rings. The highest BCUT2D eigenvalue weighted by atomic mass is 32.2. The van der Waals surface area contributed by atoms with Gasteiger partial charge in [-0.25, -0.2) is 8.42 Å². The van der Waals surface area contributed by atoms with E-state index in [1.165, 1.54) is 10.4 Å². The van der Waals surface area contributed by atoms with Crippen LogP contribution >= 0.6 is 0 Å². The molecule has 1 rings (SSSR count). The molecule has 0 aliphatic carbocycles. The zero-order valence-electron chi connectivity index (χ0n) is 12.8. The predicted octanol–water partition coefficient (Wildman–Crippen LogP) is 2.86. The number of nitrogens with zero attached hydrogens (tertiary/aromatic N) is 1. The lowest BCUT2D eigenvalue weighted by molar-refractivity contribution is 0.0939. The van der Waals surface area contributed by atoms with Crippen molar-refractivity contribution in [1.29, 1.82) is 0 Å². The fourth-order valence-electron chi connectivity index (χ4n) is 2.07. The van der Waals surface area contributed by atoms with Gasteiger partial charge in [-0.1, -0.05) is 39.8 Å². The number of Topliss-reactive ketones (excluding diaryl/α,β-unsaturated/α-hetero) is 1. The molecule has 5 heteroatoms. The number of rotatable bonds is 6. The van der Waals surface area contributed by atoms with E-state index in [0.29, 0.717) is 24.2 Å². The van der Waals surface area contributed by atoms with Crippen LogP contribution in [0.1, 0.15) is 43.6 Å². The van der Waals surface area contributed by atoms with Gasteiger partial charge in [-0.3, -0.25) is 4.79 Å². The Hall–Kier alpha value is -1.20. The van der Waals surface area contributed by atoms with Gasteiger partial charge in [0, 0.05) is 24.6 Å². The number of carbonyl (C=O) groups excluding carboxylic acids is 1. The first kappa shape index (κ1) is 16.9.